The summed E-state index contributed by atoms with van der Waals surface area (Å²) in [4.78, 5) is 21.0. The summed E-state index contributed by atoms with van der Waals surface area (Å²) in [6.07, 6.45) is 3.40. The molecule has 3 atom stereocenters. The second kappa shape index (κ2) is 6.53. The molecule has 0 aromatic carbocycles. The van der Waals surface area contributed by atoms with E-state index in [1.165, 1.54) is 0 Å². The van der Waals surface area contributed by atoms with Gasteiger partial charge in [-0.1, -0.05) is 6.07 Å². The predicted octanol–water partition coefficient (Wildman–Crippen LogP) is 2.90. The molecule has 0 N–H and O–H groups in total. The molecule has 4 rings (SSSR count). The minimum atomic E-state index is -0.171. The van der Waals surface area contributed by atoms with Crippen LogP contribution in [0.4, 0.5) is 0 Å². The van der Waals surface area contributed by atoms with Crippen molar-refractivity contribution in [2.24, 2.45) is 0 Å². The fraction of sp³-hybridized carbons (Fsp3) is 0.444. The Morgan fingerprint density at radius 3 is 3.04 bits per heavy atom. The number of carbonyl (C=O) groups is 1. The molecule has 5 nitrogen and oxygen atoms in total. The lowest BCUT2D eigenvalue weighted by atomic mass is 10.0. The smallest absolute Gasteiger partial charge is 0.264 e. The average molecular weight is 344 g/mol. The third kappa shape index (κ3) is 2.91. The zero-order valence-corrected chi connectivity index (χ0v) is 14.4. The zero-order valence-electron chi connectivity index (χ0n) is 13.6. The Kier molecular flexibility index (Phi) is 4.24. The topological polar surface area (TPSA) is 51.7 Å². The number of hydrogen-bond acceptors (Lipinski definition) is 5. The summed E-state index contributed by atoms with van der Waals surface area (Å²) in [5.41, 5.74) is 0. The molecule has 0 radical (unpaired) electrons. The van der Waals surface area contributed by atoms with Gasteiger partial charge >= 0.3 is 0 Å². The second-order valence-corrected chi connectivity index (χ2v) is 7.52. The van der Waals surface area contributed by atoms with Crippen molar-refractivity contribution in [2.45, 2.75) is 38.0 Å². The first-order chi connectivity index (χ1) is 11.7. The molecule has 4 heterocycles. The van der Waals surface area contributed by atoms with E-state index in [0.29, 0.717) is 12.4 Å². The summed E-state index contributed by atoms with van der Waals surface area (Å²) >= 11 is 1.54. The van der Waals surface area contributed by atoms with Crippen LogP contribution in [0.25, 0.3) is 0 Å². The van der Waals surface area contributed by atoms with Crippen molar-refractivity contribution < 1.29 is 14.3 Å². The van der Waals surface area contributed by atoms with Gasteiger partial charge in [0.15, 0.2) is 0 Å². The van der Waals surface area contributed by atoms with E-state index >= 15 is 0 Å². The van der Waals surface area contributed by atoms with Gasteiger partial charge in [0.05, 0.1) is 17.5 Å². The number of carbonyl (C=O) groups excluding carboxylic acids is 1. The molecule has 2 fully saturated rings. The third-order valence-corrected chi connectivity index (χ3v) is 5.59. The second-order valence-electron chi connectivity index (χ2n) is 6.24. The predicted molar refractivity (Wildman–Crippen MR) is 91.5 cm³/mol. The highest BCUT2D eigenvalue weighted by molar-refractivity contribution is 7.13. The van der Waals surface area contributed by atoms with Gasteiger partial charge in [-0.2, -0.15) is 0 Å². The maximum absolute atomic E-state index is 12.9. The summed E-state index contributed by atoms with van der Waals surface area (Å²) in [5, 5.41) is 0. The number of aromatic nitrogens is 1. The molecule has 0 bridgehead atoms. The van der Waals surface area contributed by atoms with Crippen molar-refractivity contribution in [2.75, 3.05) is 13.2 Å². The van der Waals surface area contributed by atoms with Gasteiger partial charge in [0.25, 0.3) is 5.91 Å². The summed E-state index contributed by atoms with van der Waals surface area (Å²) in [6.45, 7) is 3.29. The maximum atomic E-state index is 12.9. The van der Waals surface area contributed by atoms with Crippen LogP contribution in [-0.4, -0.2) is 47.2 Å². The number of nitrogens with zero attached hydrogens (tertiary/aromatic N) is 2. The van der Waals surface area contributed by atoms with E-state index in [-0.39, 0.29) is 24.2 Å². The lowest BCUT2D eigenvalue weighted by molar-refractivity contribution is -0.0455. The monoisotopic (exact) mass is 344 g/mol. The van der Waals surface area contributed by atoms with Gasteiger partial charge in [0.2, 0.25) is 5.88 Å². The maximum Gasteiger partial charge on any atom is 0.264 e. The minimum Gasteiger partial charge on any atom is -0.470 e. The van der Waals surface area contributed by atoms with Crippen LogP contribution in [0.1, 0.15) is 27.4 Å². The van der Waals surface area contributed by atoms with Gasteiger partial charge in [-0.3, -0.25) is 4.79 Å². The Morgan fingerprint density at radius 1 is 1.38 bits per heavy atom. The van der Waals surface area contributed by atoms with Crippen LogP contribution in [-0.2, 0) is 4.74 Å². The zero-order chi connectivity index (χ0) is 16.5. The van der Waals surface area contributed by atoms with Crippen LogP contribution in [0, 0.1) is 6.92 Å². The van der Waals surface area contributed by atoms with E-state index in [2.05, 4.69) is 4.98 Å². The van der Waals surface area contributed by atoms with Crippen molar-refractivity contribution in [1.29, 1.82) is 0 Å². The Bertz CT molecular complexity index is 718. The van der Waals surface area contributed by atoms with Gasteiger partial charge in [0.1, 0.15) is 12.2 Å². The summed E-state index contributed by atoms with van der Waals surface area (Å²) in [5.74, 6) is 0.664. The molecule has 126 valence electrons. The van der Waals surface area contributed by atoms with Gasteiger partial charge < -0.3 is 14.4 Å². The molecule has 2 aliphatic rings. The number of likely N-dealkylation sites (tertiary alicyclic amines) is 1. The fourth-order valence-electron chi connectivity index (χ4n) is 3.51. The van der Waals surface area contributed by atoms with Crippen molar-refractivity contribution in [3.8, 4) is 5.88 Å². The van der Waals surface area contributed by atoms with E-state index < -0.39 is 0 Å². The first kappa shape index (κ1) is 15.6. The van der Waals surface area contributed by atoms with Crippen LogP contribution < -0.4 is 4.74 Å². The van der Waals surface area contributed by atoms with Crippen molar-refractivity contribution >= 4 is 17.2 Å². The Morgan fingerprint density at radius 2 is 2.29 bits per heavy atom. The van der Waals surface area contributed by atoms with E-state index in [9.17, 15) is 4.79 Å². The van der Waals surface area contributed by atoms with E-state index in [4.69, 9.17) is 9.47 Å². The van der Waals surface area contributed by atoms with E-state index in [1.54, 1.807) is 17.5 Å². The SMILES string of the molecule is Cc1ccc(C(=O)N2C[C@H](Oc3ccccn3)[C@H]3OCCC[C@H]32)s1. The van der Waals surface area contributed by atoms with Gasteiger partial charge in [-0.15, -0.1) is 11.3 Å². The normalized spacial score (nSPS) is 26.2. The molecule has 2 aromatic heterocycles. The highest BCUT2D eigenvalue weighted by atomic mass is 32.1. The lowest BCUT2D eigenvalue weighted by Crippen LogP contribution is -2.44. The molecule has 6 heteroatoms. The van der Waals surface area contributed by atoms with Crippen molar-refractivity contribution in [3.05, 3.63) is 46.3 Å². The molecule has 2 saturated heterocycles. The number of amides is 1. The molecule has 0 spiro atoms. The third-order valence-electron chi connectivity index (χ3n) is 4.60. The lowest BCUT2D eigenvalue weighted by Gasteiger charge is -2.31. The van der Waals surface area contributed by atoms with Gasteiger partial charge in [0, 0.05) is 23.7 Å². The molecule has 1 amide bonds. The number of pyridine rings is 1. The number of ether oxygens (including phenoxy) is 2. The van der Waals surface area contributed by atoms with E-state index in [1.807, 2.05) is 42.2 Å². The summed E-state index contributed by atoms with van der Waals surface area (Å²) in [6, 6.07) is 9.58. The van der Waals surface area contributed by atoms with Crippen LogP contribution in [0.3, 0.4) is 0 Å². The summed E-state index contributed by atoms with van der Waals surface area (Å²) < 4.78 is 12.0. The average Bonchev–Trinajstić information content (AvgIpc) is 3.20. The van der Waals surface area contributed by atoms with Gasteiger partial charge in [-0.25, -0.2) is 4.98 Å². The highest BCUT2D eigenvalue weighted by Crippen LogP contribution is 2.33. The van der Waals surface area contributed by atoms with Crippen LogP contribution in [0.5, 0.6) is 5.88 Å². The Labute approximate surface area is 145 Å². The number of aryl methyl sites for hydroxylation is 1. The van der Waals surface area contributed by atoms with Crippen molar-refractivity contribution in [1.82, 2.24) is 9.88 Å². The van der Waals surface area contributed by atoms with Crippen molar-refractivity contribution in [3.63, 3.8) is 0 Å². The summed E-state index contributed by atoms with van der Waals surface area (Å²) in [7, 11) is 0. The molecule has 0 aliphatic carbocycles. The standard InChI is InChI=1S/C18H20N2O3S/c1-12-7-8-15(24-12)18(21)20-11-14(17-13(20)5-4-10-22-17)23-16-6-2-3-9-19-16/h2-3,6-9,13-14,17H,4-5,10-11H2,1H3/t13-,14+,17+/m1/s1. The first-order valence-electron chi connectivity index (χ1n) is 8.29. The number of thiophene rings is 1. The molecular weight excluding hydrogens is 324 g/mol. The van der Waals surface area contributed by atoms with Crippen LogP contribution >= 0.6 is 11.3 Å². The molecular formula is C18H20N2O3S. The minimum absolute atomic E-state index is 0.0780. The largest absolute Gasteiger partial charge is 0.470 e. The molecule has 24 heavy (non-hydrogen) atoms. The van der Waals surface area contributed by atoms with Crippen LogP contribution in [0.15, 0.2) is 36.5 Å². The Hall–Kier alpha value is -1.92. The molecule has 0 saturated carbocycles. The number of rotatable bonds is 3. The van der Waals surface area contributed by atoms with E-state index in [0.717, 1.165) is 29.2 Å². The fourth-order valence-corrected chi connectivity index (χ4v) is 4.33. The molecule has 2 aromatic rings. The Balaban J connectivity index is 1.56. The number of fused-ring (bicyclic) bond motifs is 1. The molecule has 2 aliphatic heterocycles. The highest BCUT2D eigenvalue weighted by Gasteiger charge is 2.47. The van der Waals surface area contributed by atoms with Gasteiger partial charge in [-0.05, 0) is 38.0 Å². The number of hydrogen-bond donors (Lipinski definition) is 0. The van der Waals surface area contributed by atoms with Crippen LogP contribution in [0.2, 0.25) is 0 Å². The quantitative estimate of drug-likeness (QED) is 0.859. The molecule has 0 unspecified atom stereocenters. The first-order valence-corrected chi connectivity index (χ1v) is 9.11.